The topological polar surface area (TPSA) is 87.7 Å². The van der Waals surface area contributed by atoms with Gasteiger partial charge in [-0.1, -0.05) is 74.0 Å². The molecule has 7 heteroatoms. The second-order valence-corrected chi connectivity index (χ2v) is 9.47. The van der Waals surface area contributed by atoms with Crippen LogP contribution in [0, 0.1) is 0 Å². The minimum absolute atomic E-state index is 0.240. The van der Waals surface area contributed by atoms with Crippen molar-refractivity contribution in [2.24, 2.45) is 0 Å². The summed E-state index contributed by atoms with van der Waals surface area (Å²) in [5.41, 5.74) is 0.898. The molecule has 3 amide bonds. The van der Waals surface area contributed by atoms with Crippen LogP contribution in [0.1, 0.15) is 64.6 Å². The first-order chi connectivity index (χ1) is 16.7. The molecule has 2 aromatic rings. The average molecular weight is 482 g/mol. The minimum Gasteiger partial charge on any atom is -0.444 e. The van der Waals surface area contributed by atoms with Gasteiger partial charge in [0.05, 0.1) is 0 Å². The van der Waals surface area contributed by atoms with Gasteiger partial charge in [0, 0.05) is 19.5 Å². The Bertz CT molecular complexity index is 942. The first-order valence-corrected chi connectivity index (χ1v) is 12.3. The number of hydrogen-bond donors (Lipinski definition) is 2. The van der Waals surface area contributed by atoms with Crippen molar-refractivity contribution in [2.75, 3.05) is 13.1 Å². The summed E-state index contributed by atoms with van der Waals surface area (Å²) in [5, 5.41) is 5.72. The normalized spacial score (nSPS) is 12.8. The molecule has 2 unspecified atom stereocenters. The van der Waals surface area contributed by atoms with Gasteiger partial charge in [-0.2, -0.15) is 0 Å². The summed E-state index contributed by atoms with van der Waals surface area (Å²) in [6.45, 7) is 10.0. The molecule has 0 bridgehead atoms. The molecule has 190 valence electrons. The fraction of sp³-hybridized carbons (Fsp3) is 0.464. The van der Waals surface area contributed by atoms with Crippen molar-refractivity contribution < 1.29 is 19.1 Å². The lowest BCUT2D eigenvalue weighted by atomic mass is 10.0. The number of rotatable bonds is 11. The lowest BCUT2D eigenvalue weighted by Crippen LogP contribution is -2.53. The van der Waals surface area contributed by atoms with Crippen molar-refractivity contribution in [3.63, 3.8) is 0 Å². The Morgan fingerprint density at radius 3 is 2.09 bits per heavy atom. The quantitative estimate of drug-likeness (QED) is 0.458. The highest BCUT2D eigenvalue weighted by molar-refractivity contribution is 5.92. The van der Waals surface area contributed by atoms with Gasteiger partial charge < -0.3 is 20.3 Å². The third-order valence-electron chi connectivity index (χ3n) is 5.40. The summed E-state index contributed by atoms with van der Waals surface area (Å²) < 4.78 is 5.43. The molecule has 35 heavy (non-hydrogen) atoms. The first-order valence-electron chi connectivity index (χ1n) is 12.3. The lowest BCUT2D eigenvalue weighted by Gasteiger charge is -2.33. The van der Waals surface area contributed by atoms with Gasteiger partial charge in [0.1, 0.15) is 17.7 Å². The zero-order valence-corrected chi connectivity index (χ0v) is 21.5. The fourth-order valence-electron chi connectivity index (χ4n) is 3.76. The number of amides is 3. The Kier molecular flexibility index (Phi) is 10.8. The van der Waals surface area contributed by atoms with Crippen LogP contribution in [0.5, 0.6) is 0 Å². The van der Waals surface area contributed by atoms with E-state index in [1.54, 1.807) is 20.8 Å². The van der Waals surface area contributed by atoms with Gasteiger partial charge in [0.25, 0.3) is 0 Å². The Balaban J connectivity index is 2.38. The van der Waals surface area contributed by atoms with Crippen LogP contribution in [-0.2, 0) is 20.7 Å². The van der Waals surface area contributed by atoms with Gasteiger partial charge in [0.2, 0.25) is 11.8 Å². The highest BCUT2D eigenvalue weighted by Crippen LogP contribution is 2.23. The summed E-state index contributed by atoms with van der Waals surface area (Å²) >= 11 is 0. The standard InChI is InChI=1S/C28H39N3O4/c1-6-8-19-29-25(32)24(22-17-13-10-14-18-22)31(7-2)26(33)23(20-21-15-11-9-12-16-21)30-27(34)35-28(3,4)5/h9-18,23-24H,6-8,19-20H2,1-5H3,(H,29,32)(H,30,34). The number of alkyl carbamates (subject to hydrolysis) is 1. The van der Waals surface area contributed by atoms with Gasteiger partial charge in [-0.15, -0.1) is 0 Å². The predicted molar refractivity (Wildman–Crippen MR) is 138 cm³/mol. The number of unbranched alkanes of at least 4 members (excludes halogenated alkanes) is 1. The number of likely N-dealkylation sites (N-methyl/N-ethyl adjacent to an activating group) is 1. The van der Waals surface area contributed by atoms with Crippen molar-refractivity contribution in [2.45, 2.75) is 71.6 Å². The van der Waals surface area contributed by atoms with Gasteiger partial charge in [0.15, 0.2) is 0 Å². The highest BCUT2D eigenvalue weighted by atomic mass is 16.6. The molecule has 0 fully saturated rings. The lowest BCUT2D eigenvalue weighted by molar-refractivity contribution is -0.142. The first kappa shape index (κ1) is 27.9. The Morgan fingerprint density at radius 2 is 1.54 bits per heavy atom. The van der Waals surface area contributed by atoms with E-state index in [2.05, 4.69) is 17.6 Å². The summed E-state index contributed by atoms with van der Waals surface area (Å²) in [7, 11) is 0. The van der Waals surface area contributed by atoms with Crippen molar-refractivity contribution in [1.29, 1.82) is 0 Å². The third-order valence-corrected chi connectivity index (χ3v) is 5.40. The van der Waals surface area contributed by atoms with Gasteiger partial charge in [-0.3, -0.25) is 9.59 Å². The molecule has 0 radical (unpaired) electrons. The molecule has 2 atom stereocenters. The molecule has 2 rings (SSSR count). The maximum absolute atomic E-state index is 13.9. The van der Waals surface area contributed by atoms with Crippen LogP contribution in [0.4, 0.5) is 4.79 Å². The summed E-state index contributed by atoms with van der Waals surface area (Å²) in [6.07, 6.45) is 1.40. The van der Waals surface area contributed by atoms with Crippen molar-refractivity contribution >= 4 is 17.9 Å². The number of ether oxygens (including phenoxy) is 1. The molecular weight excluding hydrogens is 442 g/mol. The number of nitrogens with one attached hydrogen (secondary N) is 2. The van der Waals surface area contributed by atoms with E-state index >= 15 is 0 Å². The van der Waals surface area contributed by atoms with E-state index in [9.17, 15) is 14.4 Å². The van der Waals surface area contributed by atoms with Gasteiger partial charge >= 0.3 is 6.09 Å². The van der Waals surface area contributed by atoms with E-state index in [0.717, 1.165) is 18.4 Å². The van der Waals surface area contributed by atoms with Crippen molar-refractivity contribution in [3.8, 4) is 0 Å². The van der Waals surface area contributed by atoms with E-state index in [1.807, 2.05) is 67.6 Å². The van der Waals surface area contributed by atoms with E-state index in [1.165, 1.54) is 4.90 Å². The molecule has 0 saturated carbocycles. The average Bonchev–Trinajstić information content (AvgIpc) is 2.81. The number of carbonyl (C=O) groups is 3. The van der Waals surface area contributed by atoms with Crippen molar-refractivity contribution in [3.05, 3.63) is 71.8 Å². The molecule has 0 saturated heterocycles. The zero-order valence-electron chi connectivity index (χ0n) is 21.5. The Morgan fingerprint density at radius 1 is 0.943 bits per heavy atom. The number of benzene rings is 2. The molecule has 0 aromatic heterocycles. The van der Waals surface area contributed by atoms with E-state index < -0.39 is 23.8 Å². The maximum Gasteiger partial charge on any atom is 0.408 e. The minimum atomic E-state index is -0.901. The Labute approximate surface area is 209 Å². The predicted octanol–water partition coefficient (Wildman–Crippen LogP) is 4.63. The van der Waals surface area contributed by atoms with Gasteiger partial charge in [-0.25, -0.2) is 4.79 Å². The van der Waals surface area contributed by atoms with Crippen LogP contribution in [0.15, 0.2) is 60.7 Å². The number of hydrogen-bond acceptors (Lipinski definition) is 4. The van der Waals surface area contributed by atoms with Crippen LogP contribution in [0.2, 0.25) is 0 Å². The molecule has 0 spiro atoms. The van der Waals surface area contributed by atoms with Crippen LogP contribution in [-0.4, -0.2) is 47.5 Å². The van der Waals surface area contributed by atoms with Crippen molar-refractivity contribution in [1.82, 2.24) is 15.5 Å². The summed E-state index contributed by atoms with van der Waals surface area (Å²) in [6, 6.07) is 17.0. The molecular formula is C28H39N3O4. The highest BCUT2D eigenvalue weighted by Gasteiger charge is 2.35. The maximum atomic E-state index is 13.9. The van der Waals surface area contributed by atoms with Crippen LogP contribution < -0.4 is 10.6 Å². The van der Waals surface area contributed by atoms with Gasteiger partial charge in [-0.05, 0) is 45.2 Å². The molecule has 0 aliphatic heterocycles. The molecule has 2 aromatic carbocycles. The van der Waals surface area contributed by atoms with Crippen LogP contribution in [0.3, 0.4) is 0 Å². The second kappa shape index (κ2) is 13.5. The summed E-state index contributed by atoms with van der Waals surface area (Å²) in [4.78, 5) is 41.4. The monoisotopic (exact) mass is 481 g/mol. The number of nitrogens with zero attached hydrogens (tertiary/aromatic N) is 1. The molecule has 0 heterocycles. The molecule has 7 nitrogen and oxygen atoms in total. The molecule has 2 N–H and O–H groups in total. The van der Waals surface area contributed by atoms with E-state index in [0.29, 0.717) is 18.7 Å². The third kappa shape index (κ3) is 9.08. The molecule has 0 aliphatic rings. The van der Waals surface area contributed by atoms with Crippen LogP contribution in [0.25, 0.3) is 0 Å². The fourth-order valence-corrected chi connectivity index (χ4v) is 3.76. The van der Waals surface area contributed by atoms with Crippen LogP contribution >= 0.6 is 0 Å². The second-order valence-electron chi connectivity index (χ2n) is 9.47. The smallest absolute Gasteiger partial charge is 0.408 e. The Hall–Kier alpha value is -3.35. The molecule has 0 aliphatic carbocycles. The largest absolute Gasteiger partial charge is 0.444 e. The number of carbonyl (C=O) groups excluding carboxylic acids is 3. The zero-order chi connectivity index (χ0) is 25.8. The van der Waals surface area contributed by atoms with E-state index in [4.69, 9.17) is 4.74 Å². The van der Waals surface area contributed by atoms with E-state index in [-0.39, 0.29) is 18.2 Å². The summed E-state index contributed by atoms with van der Waals surface area (Å²) in [5.74, 6) is -0.586. The SMILES string of the molecule is CCCCNC(=O)C(c1ccccc1)N(CC)C(=O)C(Cc1ccccc1)NC(=O)OC(C)(C)C.